The molecule has 2 N–H and O–H groups in total. The fourth-order valence-corrected chi connectivity index (χ4v) is 2.78. The molecule has 0 fully saturated rings. The number of amidine groups is 1. The number of oxime groups is 1. The van der Waals surface area contributed by atoms with Gasteiger partial charge in [0, 0.05) is 17.1 Å². The van der Waals surface area contributed by atoms with Crippen LogP contribution in [-0.4, -0.2) is 24.7 Å². The SMILES string of the molecule is COc1cccc(/C(N)=N\OC(=O)CCSCc2ccccc2)c1. The Hall–Kier alpha value is -2.47. The first-order valence-electron chi connectivity index (χ1n) is 7.48. The quantitative estimate of drug-likeness (QED) is 0.262. The monoisotopic (exact) mass is 344 g/mol. The van der Waals surface area contributed by atoms with Gasteiger partial charge in [0.05, 0.1) is 13.5 Å². The first kappa shape index (κ1) is 17.9. The van der Waals surface area contributed by atoms with Gasteiger partial charge in [-0.15, -0.1) is 0 Å². The number of methoxy groups -OCH3 is 1. The van der Waals surface area contributed by atoms with Crippen molar-refractivity contribution in [2.45, 2.75) is 12.2 Å². The van der Waals surface area contributed by atoms with Crippen LogP contribution in [0.3, 0.4) is 0 Å². The maximum atomic E-state index is 11.7. The van der Waals surface area contributed by atoms with Crippen LogP contribution in [0.5, 0.6) is 5.75 Å². The first-order chi connectivity index (χ1) is 11.7. The third-order valence-corrected chi connectivity index (χ3v) is 4.20. The van der Waals surface area contributed by atoms with Crippen LogP contribution >= 0.6 is 11.8 Å². The summed E-state index contributed by atoms with van der Waals surface area (Å²) in [6, 6.07) is 17.2. The van der Waals surface area contributed by atoms with E-state index in [2.05, 4.69) is 17.3 Å². The highest BCUT2D eigenvalue weighted by Crippen LogP contribution is 2.14. The Balaban J connectivity index is 1.73. The van der Waals surface area contributed by atoms with Gasteiger partial charge >= 0.3 is 5.97 Å². The molecule has 0 amide bonds. The summed E-state index contributed by atoms with van der Waals surface area (Å²) in [5, 5.41) is 3.69. The normalized spacial score (nSPS) is 11.1. The smallest absolute Gasteiger partial charge is 0.335 e. The van der Waals surface area contributed by atoms with Crippen molar-refractivity contribution in [3.05, 3.63) is 65.7 Å². The van der Waals surface area contributed by atoms with E-state index in [4.69, 9.17) is 15.3 Å². The van der Waals surface area contributed by atoms with E-state index in [0.29, 0.717) is 17.1 Å². The molecule has 0 radical (unpaired) electrons. The molecule has 126 valence electrons. The lowest BCUT2D eigenvalue weighted by molar-refractivity contribution is -0.143. The van der Waals surface area contributed by atoms with Crippen LogP contribution < -0.4 is 10.5 Å². The highest BCUT2D eigenvalue weighted by molar-refractivity contribution is 7.98. The molecule has 2 aromatic rings. The molecule has 0 spiro atoms. The van der Waals surface area contributed by atoms with E-state index in [9.17, 15) is 4.79 Å². The number of carbonyl (C=O) groups is 1. The van der Waals surface area contributed by atoms with Gasteiger partial charge in [0.1, 0.15) is 5.75 Å². The largest absolute Gasteiger partial charge is 0.497 e. The van der Waals surface area contributed by atoms with Gasteiger partial charge in [-0.3, -0.25) is 0 Å². The zero-order chi connectivity index (χ0) is 17.2. The molecular weight excluding hydrogens is 324 g/mol. The van der Waals surface area contributed by atoms with Crippen LogP contribution in [0.2, 0.25) is 0 Å². The molecule has 0 bridgehead atoms. The maximum Gasteiger partial charge on any atom is 0.335 e. The fourth-order valence-electron chi connectivity index (χ4n) is 1.90. The number of rotatable bonds is 8. The minimum absolute atomic E-state index is 0.138. The number of ether oxygens (including phenoxy) is 1. The fraction of sp³-hybridized carbons (Fsp3) is 0.222. The number of hydrogen-bond acceptors (Lipinski definition) is 5. The maximum absolute atomic E-state index is 11.7. The second-order valence-corrected chi connectivity index (χ2v) is 6.07. The Bertz CT molecular complexity index is 690. The van der Waals surface area contributed by atoms with Gasteiger partial charge in [0.25, 0.3) is 0 Å². The van der Waals surface area contributed by atoms with Crippen molar-refractivity contribution in [1.82, 2.24) is 0 Å². The summed E-state index contributed by atoms with van der Waals surface area (Å²) in [6.45, 7) is 0. The minimum atomic E-state index is -0.401. The summed E-state index contributed by atoms with van der Waals surface area (Å²) in [6.07, 6.45) is 0.284. The summed E-state index contributed by atoms with van der Waals surface area (Å²) >= 11 is 1.67. The van der Waals surface area contributed by atoms with Crippen molar-refractivity contribution in [1.29, 1.82) is 0 Å². The molecule has 6 heteroatoms. The van der Waals surface area contributed by atoms with Gasteiger partial charge in [-0.05, 0) is 17.7 Å². The van der Waals surface area contributed by atoms with Crippen LogP contribution in [0, 0.1) is 0 Å². The predicted molar refractivity (Wildman–Crippen MR) is 97.0 cm³/mol. The third-order valence-electron chi connectivity index (χ3n) is 3.17. The van der Waals surface area contributed by atoms with Crippen molar-refractivity contribution >= 4 is 23.6 Å². The van der Waals surface area contributed by atoms with E-state index in [1.807, 2.05) is 18.2 Å². The van der Waals surface area contributed by atoms with E-state index in [1.54, 1.807) is 43.1 Å². The Kier molecular flexibility index (Phi) is 7.17. The van der Waals surface area contributed by atoms with Gasteiger partial charge in [0.2, 0.25) is 0 Å². The topological polar surface area (TPSA) is 73.9 Å². The summed E-state index contributed by atoms with van der Waals surface area (Å²) in [7, 11) is 1.57. The second-order valence-electron chi connectivity index (χ2n) is 4.96. The zero-order valence-electron chi connectivity index (χ0n) is 13.5. The summed E-state index contributed by atoms with van der Waals surface area (Å²) in [4.78, 5) is 16.5. The molecule has 0 unspecified atom stereocenters. The number of nitrogens with zero attached hydrogens (tertiary/aromatic N) is 1. The molecular formula is C18H20N2O3S. The summed E-state index contributed by atoms with van der Waals surface area (Å²) in [5.74, 6) is 1.93. The van der Waals surface area contributed by atoms with E-state index < -0.39 is 5.97 Å². The number of nitrogens with two attached hydrogens (primary N) is 1. The molecule has 0 aliphatic rings. The second kappa shape index (κ2) is 9.62. The van der Waals surface area contributed by atoms with E-state index in [1.165, 1.54) is 5.56 Å². The Morgan fingerprint density at radius 1 is 1.17 bits per heavy atom. The number of benzene rings is 2. The van der Waals surface area contributed by atoms with Crippen LogP contribution in [0.25, 0.3) is 0 Å². The van der Waals surface area contributed by atoms with Crippen molar-refractivity contribution in [3.63, 3.8) is 0 Å². The van der Waals surface area contributed by atoms with Crippen LogP contribution in [0.15, 0.2) is 59.8 Å². The molecule has 2 aromatic carbocycles. The Labute approximate surface area is 145 Å². The predicted octanol–water partition coefficient (Wildman–Crippen LogP) is 3.18. The summed E-state index contributed by atoms with van der Waals surface area (Å²) in [5.41, 5.74) is 7.68. The van der Waals surface area contributed by atoms with E-state index in [0.717, 1.165) is 5.75 Å². The van der Waals surface area contributed by atoms with Gasteiger partial charge in [-0.1, -0.05) is 47.6 Å². The Morgan fingerprint density at radius 2 is 1.96 bits per heavy atom. The lowest BCUT2D eigenvalue weighted by Gasteiger charge is -2.04. The van der Waals surface area contributed by atoms with Gasteiger partial charge in [0.15, 0.2) is 5.84 Å². The van der Waals surface area contributed by atoms with Crippen LogP contribution in [-0.2, 0) is 15.4 Å². The highest BCUT2D eigenvalue weighted by Gasteiger charge is 2.05. The van der Waals surface area contributed by atoms with Crippen molar-refractivity contribution in [2.24, 2.45) is 10.9 Å². The van der Waals surface area contributed by atoms with Crippen molar-refractivity contribution < 1.29 is 14.4 Å². The van der Waals surface area contributed by atoms with E-state index in [-0.39, 0.29) is 12.3 Å². The molecule has 0 aromatic heterocycles. The number of thioether (sulfide) groups is 1. The average molecular weight is 344 g/mol. The molecule has 0 saturated heterocycles. The molecule has 5 nitrogen and oxygen atoms in total. The van der Waals surface area contributed by atoms with Crippen LogP contribution in [0.4, 0.5) is 0 Å². The molecule has 0 saturated carbocycles. The Morgan fingerprint density at radius 3 is 2.71 bits per heavy atom. The van der Waals surface area contributed by atoms with E-state index >= 15 is 0 Å². The molecule has 0 atom stereocenters. The lowest BCUT2D eigenvalue weighted by atomic mass is 10.2. The average Bonchev–Trinajstić information content (AvgIpc) is 2.64. The number of carbonyl (C=O) groups excluding carboxylic acids is 1. The van der Waals surface area contributed by atoms with Crippen molar-refractivity contribution in [2.75, 3.05) is 12.9 Å². The zero-order valence-corrected chi connectivity index (χ0v) is 14.3. The van der Waals surface area contributed by atoms with Gasteiger partial charge in [-0.2, -0.15) is 11.8 Å². The number of hydrogen-bond donors (Lipinski definition) is 1. The molecule has 24 heavy (non-hydrogen) atoms. The standard InChI is InChI=1S/C18H20N2O3S/c1-22-16-9-5-8-15(12-16)18(19)20-23-17(21)10-11-24-13-14-6-3-2-4-7-14/h2-9,12H,10-11,13H2,1H3,(H2,19,20). The molecule has 0 aliphatic heterocycles. The first-order valence-corrected chi connectivity index (χ1v) is 8.64. The highest BCUT2D eigenvalue weighted by atomic mass is 32.2. The van der Waals surface area contributed by atoms with Crippen LogP contribution in [0.1, 0.15) is 17.5 Å². The van der Waals surface area contributed by atoms with Gasteiger partial charge < -0.3 is 15.3 Å². The van der Waals surface area contributed by atoms with Gasteiger partial charge in [-0.25, -0.2) is 4.79 Å². The lowest BCUT2D eigenvalue weighted by Crippen LogP contribution is -2.15. The van der Waals surface area contributed by atoms with Crippen molar-refractivity contribution in [3.8, 4) is 5.75 Å². The molecule has 0 aliphatic carbocycles. The minimum Gasteiger partial charge on any atom is -0.497 e. The molecule has 0 heterocycles. The third kappa shape index (κ3) is 5.96. The molecule has 2 rings (SSSR count). The summed E-state index contributed by atoms with van der Waals surface area (Å²) < 4.78 is 5.11.